The van der Waals surface area contributed by atoms with Gasteiger partial charge in [0, 0.05) is 53.8 Å². The van der Waals surface area contributed by atoms with E-state index in [1.807, 2.05) is 30.3 Å². The Morgan fingerprint density at radius 2 is 1.68 bits per heavy atom. The molecule has 6 rings (SSSR count). The Morgan fingerprint density at radius 1 is 0.947 bits per heavy atom. The summed E-state index contributed by atoms with van der Waals surface area (Å²) in [7, 11) is -1.69. The van der Waals surface area contributed by atoms with Crippen LogP contribution in [0.4, 0.5) is 20.2 Å². The lowest BCUT2D eigenvalue weighted by Crippen LogP contribution is -2.25. The number of pyridine rings is 1. The molecule has 38 heavy (non-hydrogen) atoms. The predicted molar refractivity (Wildman–Crippen MR) is 144 cm³/mol. The topological polar surface area (TPSA) is 75.2 Å². The molecule has 0 fully saturated rings. The van der Waals surface area contributed by atoms with Crippen molar-refractivity contribution >= 4 is 32.1 Å². The van der Waals surface area contributed by atoms with Crippen molar-refractivity contribution in [2.24, 2.45) is 7.05 Å². The molecule has 0 saturated heterocycles. The van der Waals surface area contributed by atoms with Gasteiger partial charge in [-0.05, 0) is 35.4 Å². The molecule has 0 aliphatic carbocycles. The van der Waals surface area contributed by atoms with Gasteiger partial charge in [0.2, 0.25) is 0 Å². The number of rotatable bonds is 4. The fraction of sp³-hybridized carbons (Fsp3) is 0.138. The van der Waals surface area contributed by atoms with Crippen LogP contribution >= 0.6 is 0 Å². The van der Waals surface area contributed by atoms with Crippen LogP contribution in [0.15, 0.2) is 83.9 Å². The zero-order valence-corrected chi connectivity index (χ0v) is 21.4. The first-order valence-electron chi connectivity index (χ1n) is 11.9. The van der Waals surface area contributed by atoms with Gasteiger partial charge in [-0.3, -0.25) is 4.79 Å². The normalized spacial score (nSPS) is 14.9. The quantitative estimate of drug-likeness (QED) is 0.328. The smallest absolute Gasteiger partial charge is 0.274 e. The van der Waals surface area contributed by atoms with Gasteiger partial charge >= 0.3 is 0 Å². The first-order valence-corrected chi connectivity index (χ1v) is 14.0. The van der Waals surface area contributed by atoms with Crippen LogP contribution in [0.2, 0.25) is 0 Å². The summed E-state index contributed by atoms with van der Waals surface area (Å²) in [5.74, 6) is -1.62. The number of anilines is 2. The number of aryl methyl sites for hydroxylation is 1. The fourth-order valence-electron chi connectivity index (χ4n) is 5.40. The first-order chi connectivity index (χ1) is 18.1. The molecule has 3 aromatic carbocycles. The highest BCUT2D eigenvalue weighted by atomic mass is 32.2. The number of halogens is 2. The summed E-state index contributed by atoms with van der Waals surface area (Å²) in [4.78, 5) is 18.1. The lowest BCUT2D eigenvalue weighted by molar-refractivity contribution is 0.580. The number of nitrogens with one attached hydrogen (secondary N) is 1. The van der Waals surface area contributed by atoms with Crippen LogP contribution in [-0.4, -0.2) is 24.2 Å². The zero-order chi connectivity index (χ0) is 26.8. The minimum atomic E-state index is -3.34. The van der Waals surface area contributed by atoms with E-state index in [0.717, 1.165) is 17.2 Å². The van der Waals surface area contributed by atoms with Crippen molar-refractivity contribution < 1.29 is 17.2 Å². The summed E-state index contributed by atoms with van der Waals surface area (Å²) >= 11 is 0. The number of hydrogen-bond acceptors (Lipinski definition) is 4. The first kappa shape index (κ1) is 24.1. The molecule has 3 heterocycles. The molecule has 0 saturated carbocycles. The number of H-pyrrole nitrogens is 1. The average Bonchev–Trinajstić information content (AvgIpc) is 3.26. The largest absolute Gasteiger partial charge is 0.356 e. The Morgan fingerprint density at radius 3 is 2.39 bits per heavy atom. The number of sulfone groups is 1. The van der Waals surface area contributed by atoms with Crippen molar-refractivity contribution in [3.8, 4) is 11.1 Å². The van der Waals surface area contributed by atoms with E-state index < -0.39 is 27.5 Å². The Labute approximate surface area is 217 Å². The molecule has 0 bridgehead atoms. The second kappa shape index (κ2) is 8.66. The van der Waals surface area contributed by atoms with E-state index in [2.05, 4.69) is 4.98 Å². The highest BCUT2D eigenvalue weighted by Gasteiger charge is 2.35. The van der Waals surface area contributed by atoms with E-state index in [9.17, 15) is 17.6 Å². The lowest BCUT2D eigenvalue weighted by Gasteiger charge is -2.34. The average molecular weight is 532 g/mol. The van der Waals surface area contributed by atoms with Crippen LogP contribution in [0.3, 0.4) is 0 Å². The Bertz CT molecular complexity index is 1900. The molecule has 5 aromatic rings. The van der Waals surface area contributed by atoms with Crippen LogP contribution in [0.5, 0.6) is 0 Å². The Kier molecular flexibility index (Phi) is 5.50. The van der Waals surface area contributed by atoms with Crippen LogP contribution in [0.25, 0.3) is 22.0 Å². The summed E-state index contributed by atoms with van der Waals surface area (Å²) in [6.07, 6.45) is 4.64. The molecule has 1 aliphatic heterocycles. The van der Waals surface area contributed by atoms with Gasteiger partial charge in [0.05, 0.1) is 23.2 Å². The summed E-state index contributed by atoms with van der Waals surface area (Å²) in [6, 6.07) is 17.6. The minimum Gasteiger partial charge on any atom is -0.356 e. The van der Waals surface area contributed by atoms with Crippen molar-refractivity contribution in [2.45, 2.75) is 11.8 Å². The highest BCUT2D eigenvalue weighted by molar-refractivity contribution is 7.89. The van der Waals surface area contributed by atoms with Crippen LogP contribution in [0.1, 0.15) is 22.7 Å². The molecule has 192 valence electrons. The second-order valence-electron chi connectivity index (χ2n) is 9.65. The van der Waals surface area contributed by atoms with Crippen molar-refractivity contribution in [3.05, 3.63) is 118 Å². The van der Waals surface area contributed by atoms with Gasteiger partial charge in [-0.2, -0.15) is 0 Å². The van der Waals surface area contributed by atoms with Gasteiger partial charge in [-0.25, -0.2) is 17.2 Å². The van der Waals surface area contributed by atoms with Gasteiger partial charge in [-0.15, -0.1) is 0 Å². The van der Waals surface area contributed by atoms with E-state index >= 15 is 4.39 Å². The number of nitrogens with zero attached hydrogens (tertiary/aromatic N) is 2. The van der Waals surface area contributed by atoms with E-state index in [1.165, 1.54) is 23.0 Å². The number of aromatic nitrogens is 2. The maximum absolute atomic E-state index is 15.5. The molecule has 1 atom stereocenters. The Hall–Kier alpha value is -4.24. The lowest BCUT2D eigenvalue weighted by atomic mass is 9.95. The summed E-state index contributed by atoms with van der Waals surface area (Å²) in [5.41, 5.74) is 4.37. The molecule has 9 heteroatoms. The molecule has 1 aliphatic rings. The Balaban J connectivity index is 1.77. The third-order valence-corrected chi connectivity index (χ3v) is 7.77. The number of hydrogen-bond donors (Lipinski definition) is 1. The SMILES string of the molecule is Cn1cc2c3c(c[nH]c3c1=O)[C@H](c1ccccc1)N(c1ccc(F)cc1F)c1ccc(CS(C)(=O)=O)cc1-2. The highest BCUT2D eigenvalue weighted by Crippen LogP contribution is 2.50. The number of benzene rings is 3. The molecular weight excluding hydrogens is 508 g/mol. The van der Waals surface area contributed by atoms with Crippen LogP contribution < -0.4 is 10.5 Å². The van der Waals surface area contributed by atoms with Gasteiger partial charge in [0.25, 0.3) is 5.56 Å². The summed E-state index contributed by atoms with van der Waals surface area (Å²) < 4.78 is 55.2. The van der Waals surface area contributed by atoms with E-state index in [4.69, 9.17) is 0 Å². The van der Waals surface area contributed by atoms with Gasteiger partial charge in [0.1, 0.15) is 17.2 Å². The van der Waals surface area contributed by atoms with Crippen molar-refractivity contribution in [3.63, 3.8) is 0 Å². The molecule has 0 amide bonds. The van der Waals surface area contributed by atoms with E-state index in [0.29, 0.717) is 33.3 Å². The fourth-order valence-corrected chi connectivity index (χ4v) is 6.18. The van der Waals surface area contributed by atoms with E-state index in [-0.39, 0.29) is 17.0 Å². The van der Waals surface area contributed by atoms with E-state index in [1.54, 1.807) is 42.5 Å². The summed E-state index contributed by atoms with van der Waals surface area (Å²) in [6.45, 7) is 0. The molecule has 0 spiro atoms. The minimum absolute atomic E-state index is 0.145. The molecule has 6 nitrogen and oxygen atoms in total. The predicted octanol–water partition coefficient (Wildman–Crippen LogP) is 5.60. The van der Waals surface area contributed by atoms with Gasteiger partial charge in [0.15, 0.2) is 9.84 Å². The molecule has 1 N–H and O–H groups in total. The molecule has 0 unspecified atom stereocenters. The maximum Gasteiger partial charge on any atom is 0.274 e. The van der Waals surface area contributed by atoms with Crippen LogP contribution in [0, 0.1) is 11.6 Å². The van der Waals surface area contributed by atoms with Crippen LogP contribution in [-0.2, 0) is 22.6 Å². The monoisotopic (exact) mass is 531 g/mol. The maximum atomic E-state index is 15.5. The third-order valence-electron chi connectivity index (χ3n) is 6.91. The third kappa shape index (κ3) is 3.90. The number of aromatic amines is 1. The molecule has 2 aromatic heterocycles. The van der Waals surface area contributed by atoms with Crippen molar-refractivity contribution in [1.29, 1.82) is 0 Å². The van der Waals surface area contributed by atoms with Gasteiger partial charge < -0.3 is 14.5 Å². The second-order valence-corrected chi connectivity index (χ2v) is 11.8. The van der Waals surface area contributed by atoms with Gasteiger partial charge in [-0.1, -0.05) is 36.4 Å². The molecule has 0 radical (unpaired) electrons. The van der Waals surface area contributed by atoms with Crippen molar-refractivity contribution in [2.75, 3.05) is 11.2 Å². The zero-order valence-electron chi connectivity index (χ0n) is 20.6. The van der Waals surface area contributed by atoms with Crippen molar-refractivity contribution in [1.82, 2.24) is 9.55 Å². The number of fused-ring (bicyclic) bond motifs is 2. The molecular formula is C29H23F2N3O3S. The standard InChI is InChI=1S/C29H23F2N3O3S/c1-33-15-22-20-12-17(16-38(2,36)37)8-10-24(20)34(25-11-9-19(30)13-23(25)31)28(18-6-4-3-5-7-18)21-14-32-27(26(21)22)29(33)35/h3-15,28,32H,16H2,1-2H3/t28-/m0/s1. The summed E-state index contributed by atoms with van der Waals surface area (Å²) in [5, 5.41) is 0.671.